The zero-order valence-corrected chi connectivity index (χ0v) is 12.5. The second kappa shape index (κ2) is 5.31. The summed E-state index contributed by atoms with van der Waals surface area (Å²) < 4.78 is 0. The number of hydrogen-bond donors (Lipinski definition) is 0. The molecule has 0 amide bonds. The van der Waals surface area contributed by atoms with Gasteiger partial charge in [-0.1, -0.05) is 43.7 Å². The van der Waals surface area contributed by atoms with Crippen molar-refractivity contribution in [3.63, 3.8) is 0 Å². The Balaban J connectivity index is 1.59. The lowest BCUT2D eigenvalue weighted by molar-refractivity contribution is -0.0194. The summed E-state index contributed by atoms with van der Waals surface area (Å²) in [5.74, 6) is 0. The molecular weight excluding hydrogens is 228 g/mol. The number of rotatable bonds is 5. The standard InChI is InChI=1S/C19H28/c1-2-9-18-11-14-19(15-12-18,16-13-18)10-8-17-6-4-3-5-7-17/h3-7H,2,8-16H2,1H3. The highest BCUT2D eigenvalue weighted by Gasteiger charge is 2.47. The molecule has 3 aliphatic rings. The predicted molar refractivity (Wildman–Crippen MR) is 82.2 cm³/mol. The molecule has 0 N–H and O–H groups in total. The summed E-state index contributed by atoms with van der Waals surface area (Å²) in [6, 6.07) is 11.1. The summed E-state index contributed by atoms with van der Waals surface area (Å²) in [7, 11) is 0. The molecule has 104 valence electrons. The van der Waals surface area contributed by atoms with E-state index in [1.54, 1.807) is 0 Å². The van der Waals surface area contributed by atoms with Gasteiger partial charge in [-0.3, -0.25) is 0 Å². The molecule has 1 aromatic carbocycles. The Morgan fingerprint density at radius 3 is 1.84 bits per heavy atom. The van der Waals surface area contributed by atoms with Crippen molar-refractivity contribution in [2.45, 2.75) is 71.1 Å². The highest BCUT2D eigenvalue weighted by Crippen LogP contribution is 2.60. The number of hydrogen-bond acceptors (Lipinski definition) is 0. The number of fused-ring (bicyclic) bond motifs is 3. The van der Waals surface area contributed by atoms with Crippen LogP contribution >= 0.6 is 0 Å². The molecule has 0 heteroatoms. The lowest BCUT2D eigenvalue weighted by atomic mass is 9.51. The van der Waals surface area contributed by atoms with E-state index in [0.717, 1.165) is 5.41 Å². The predicted octanol–water partition coefficient (Wildman–Crippen LogP) is 5.76. The van der Waals surface area contributed by atoms with E-state index in [4.69, 9.17) is 0 Å². The molecule has 19 heavy (non-hydrogen) atoms. The van der Waals surface area contributed by atoms with Crippen molar-refractivity contribution in [3.8, 4) is 0 Å². The third-order valence-electron chi connectivity index (χ3n) is 6.12. The molecular formula is C19H28. The van der Waals surface area contributed by atoms with Crippen LogP contribution in [0.5, 0.6) is 0 Å². The molecule has 0 radical (unpaired) electrons. The van der Waals surface area contributed by atoms with Crippen molar-refractivity contribution in [1.29, 1.82) is 0 Å². The van der Waals surface area contributed by atoms with Gasteiger partial charge in [0.05, 0.1) is 0 Å². The minimum absolute atomic E-state index is 0.714. The second-order valence-corrected chi connectivity index (χ2v) is 7.24. The highest BCUT2D eigenvalue weighted by atomic mass is 14.5. The zero-order chi connectivity index (χ0) is 13.2. The Hall–Kier alpha value is -0.780. The molecule has 0 aromatic heterocycles. The third kappa shape index (κ3) is 2.73. The highest BCUT2D eigenvalue weighted by molar-refractivity contribution is 5.15. The Labute approximate surface area is 118 Å². The van der Waals surface area contributed by atoms with Crippen molar-refractivity contribution in [2.75, 3.05) is 0 Å². The molecule has 0 aliphatic heterocycles. The van der Waals surface area contributed by atoms with Gasteiger partial charge in [-0.25, -0.2) is 0 Å². The minimum atomic E-state index is 0.714. The van der Waals surface area contributed by atoms with E-state index >= 15 is 0 Å². The van der Waals surface area contributed by atoms with Crippen LogP contribution in [0.1, 0.15) is 70.3 Å². The quantitative estimate of drug-likeness (QED) is 0.628. The van der Waals surface area contributed by atoms with Gasteiger partial charge >= 0.3 is 0 Å². The van der Waals surface area contributed by atoms with E-state index < -0.39 is 0 Å². The van der Waals surface area contributed by atoms with Gasteiger partial charge in [-0.05, 0) is 74.2 Å². The smallest absolute Gasteiger partial charge is 0.0274 e. The van der Waals surface area contributed by atoms with Crippen LogP contribution in [0.3, 0.4) is 0 Å². The molecule has 3 saturated carbocycles. The van der Waals surface area contributed by atoms with Gasteiger partial charge in [-0.15, -0.1) is 0 Å². The van der Waals surface area contributed by atoms with Gasteiger partial charge in [0.25, 0.3) is 0 Å². The second-order valence-electron chi connectivity index (χ2n) is 7.24. The molecule has 0 unspecified atom stereocenters. The van der Waals surface area contributed by atoms with Gasteiger partial charge < -0.3 is 0 Å². The summed E-state index contributed by atoms with van der Waals surface area (Å²) in [6.07, 6.45) is 14.7. The summed E-state index contributed by atoms with van der Waals surface area (Å²) in [6.45, 7) is 2.36. The molecule has 4 rings (SSSR count). The minimum Gasteiger partial charge on any atom is -0.0654 e. The molecule has 3 aliphatic carbocycles. The fourth-order valence-electron chi connectivity index (χ4n) is 4.68. The van der Waals surface area contributed by atoms with Crippen LogP contribution in [0.15, 0.2) is 30.3 Å². The fourth-order valence-corrected chi connectivity index (χ4v) is 4.68. The van der Waals surface area contributed by atoms with Gasteiger partial charge in [0, 0.05) is 0 Å². The first kappa shape index (κ1) is 13.2. The van der Waals surface area contributed by atoms with Crippen LogP contribution in [0, 0.1) is 10.8 Å². The molecule has 0 atom stereocenters. The van der Waals surface area contributed by atoms with Crippen molar-refractivity contribution in [3.05, 3.63) is 35.9 Å². The first-order valence-corrected chi connectivity index (χ1v) is 8.30. The molecule has 1 aromatic rings. The largest absolute Gasteiger partial charge is 0.0654 e. The Morgan fingerprint density at radius 1 is 0.789 bits per heavy atom. The maximum Gasteiger partial charge on any atom is -0.0274 e. The number of benzene rings is 1. The van der Waals surface area contributed by atoms with E-state index in [1.165, 1.54) is 69.8 Å². The van der Waals surface area contributed by atoms with Crippen LogP contribution < -0.4 is 0 Å². The molecule has 3 fully saturated rings. The average Bonchev–Trinajstić information content (AvgIpc) is 2.49. The van der Waals surface area contributed by atoms with Crippen LogP contribution in [0.2, 0.25) is 0 Å². The number of aryl methyl sites for hydroxylation is 1. The molecule has 0 spiro atoms. The lowest BCUT2D eigenvalue weighted by Crippen LogP contribution is -2.41. The van der Waals surface area contributed by atoms with Crippen molar-refractivity contribution < 1.29 is 0 Å². The molecule has 0 nitrogen and oxygen atoms in total. The Kier molecular flexibility index (Phi) is 3.69. The van der Waals surface area contributed by atoms with E-state index in [1.807, 2.05) is 0 Å². The van der Waals surface area contributed by atoms with Gasteiger partial charge in [0.1, 0.15) is 0 Å². The van der Waals surface area contributed by atoms with Gasteiger partial charge in [0.15, 0.2) is 0 Å². The van der Waals surface area contributed by atoms with Crippen LogP contribution in [-0.4, -0.2) is 0 Å². The van der Waals surface area contributed by atoms with Gasteiger partial charge in [-0.2, -0.15) is 0 Å². The van der Waals surface area contributed by atoms with Crippen LogP contribution in [-0.2, 0) is 6.42 Å². The van der Waals surface area contributed by atoms with Crippen molar-refractivity contribution in [2.24, 2.45) is 10.8 Å². The normalized spacial score (nSPS) is 33.5. The van der Waals surface area contributed by atoms with Crippen molar-refractivity contribution >= 4 is 0 Å². The molecule has 0 heterocycles. The third-order valence-corrected chi connectivity index (χ3v) is 6.12. The first-order valence-electron chi connectivity index (χ1n) is 8.30. The summed E-state index contributed by atoms with van der Waals surface area (Å²) in [5, 5.41) is 0. The lowest BCUT2D eigenvalue weighted by Gasteiger charge is -2.54. The van der Waals surface area contributed by atoms with Crippen molar-refractivity contribution in [1.82, 2.24) is 0 Å². The van der Waals surface area contributed by atoms with Crippen LogP contribution in [0.25, 0.3) is 0 Å². The maximum absolute atomic E-state index is 2.36. The zero-order valence-electron chi connectivity index (χ0n) is 12.5. The van der Waals surface area contributed by atoms with E-state index in [2.05, 4.69) is 37.3 Å². The van der Waals surface area contributed by atoms with Crippen LogP contribution in [0.4, 0.5) is 0 Å². The van der Waals surface area contributed by atoms with E-state index in [0.29, 0.717) is 5.41 Å². The molecule has 2 bridgehead atoms. The summed E-state index contributed by atoms with van der Waals surface area (Å²) >= 11 is 0. The molecule has 0 saturated heterocycles. The van der Waals surface area contributed by atoms with E-state index in [9.17, 15) is 0 Å². The Morgan fingerprint density at radius 2 is 1.32 bits per heavy atom. The van der Waals surface area contributed by atoms with E-state index in [-0.39, 0.29) is 0 Å². The maximum atomic E-state index is 2.36. The SMILES string of the molecule is CCCC12CCC(CCc3ccccc3)(CC1)CC2. The first-order chi connectivity index (χ1) is 9.26. The topological polar surface area (TPSA) is 0 Å². The fraction of sp³-hybridized carbons (Fsp3) is 0.684. The monoisotopic (exact) mass is 256 g/mol. The van der Waals surface area contributed by atoms with Gasteiger partial charge in [0.2, 0.25) is 0 Å². The Bertz CT molecular complexity index is 379. The summed E-state index contributed by atoms with van der Waals surface area (Å²) in [5.41, 5.74) is 3.02. The average molecular weight is 256 g/mol. The summed E-state index contributed by atoms with van der Waals surface area (Å²) in [4.78, 5) is 0.